The number of amides is 1. The fraction of sp³-hybridized carbons (Fsp3) is 0.556. The van der Waals surface area contributed by atoms with Crippen LogP contribution in [-0.2, 0) is 4.79 Å². The van der Waals surface area contributed by atoms with Crippen LogP contribution in [0.4, 0.5) is 4.79 Å². The van der Waals surface area contributed by atoms with Crippen LogP contribution in [0.15, 0.2) is 12.2 Å². The molecule has 2 atom stereocenters. The summed E-state index contributed by atoms with van der Waals surface area (Å²) in [4.78, 5) is 22.6. The number of hydrogen-bond acceptors (Lipinski definition) is 2. The summed E-state index contributed by atoms with van der Waals surface area (Å²) in [6, 6.07) is -1.19. The van der Waals surface area contributed by atoms with E-state index in [0.29, 0.717) is 12.8 Å². The minimum Gasteiger partial charge on any atom is -0.480 e. The third kappa shape index (κ3) is 1.86. The summed E-state index contributed by atoms with van der Waals surface area (Å²) in [5.41, 5.74) is 0. The van der Waals surface area contributed by atoms with Crippen molar-refractivity contribution in [1.82, 2.24) is 4.90 Å². The van der Waals surface area contributed by atoms with Crippen LogP contribution in [0.25, 0.3) is 0 Å². The van der Waals surface area contributed by atoms with Gasteiger partial charge < -0.3 is 10.2 Å². The molecule has 5 heteroatoms. The molecule has 1 rings (SSSR count). The first-order chi connectivity index (χ1) is 6.57. The number of carbonyl (C=O) groups is 2. The van der Waals surface area contributed by atoms with Crippen LogP contribution in [0.5, 0.6) is 0 Å². The summed E-state index contributed by atoms with van der Waals surface area (Å²) in [5.74, 6) is -1.07. The average molecular weight is 199 g/mol. The molecule has 0 aromatic carbocycles. The van der Waals surface area contributed by atoms with Gasteiger partial charge in [0.15, 0.2) is 0 Å². The van der Waals surface area contributed by atoms with Crippen molar-refractivity contribution in [3.63, 3.8) is 0 Å². The Hall–Kier alpha value is -1.52. The molecule has 0 radical (unpaired) electrons. The molecule has 1 fully saturated rings. The Morgan fingerprint density at radius 1 is 1.36 bits per heavy atom. The number of carboxylic acids is 1. The molecule has 0 aromatic rings. The maximum Gasteiger partial charge on any atom is 0.408 e. The lowest BCUT2D eigenvalue weighted by atomic mass is 10.2. The third-order valence-corrected chi connectivity index (χ3v) is 2.35. The standard InChI is InChI=1S/C9H13NO4/c1-2-3-6-4-5-7(8(11)12)10(6)9(13)14/h2-3,6-7H,4-5H2,1H3,(H,11,12)(H,13,14)/b3-2-/t6-,7-/m0/s1. The number of carboxylic acid groups (broad SMARTS) is 2. The van der Waals surface area contributed by atoms with Crippen LogP contribution in [0.2, 0.25) is 0 Å². The normalized spacial score (nSPS) is 27.1. The third-order valence-electron chi connectivity index (χ3n) is 2.35. The van der Waals surface area contributed by atoms with E-state index < -0.39 is 18.1 Å². The molecule has 1 heterocycles. The molecule has 5 nitrogen and oxygen atoms in total. The summed E-state index contributed by atoms with van der Waals surface area (Å²) >= 11 is 0. The minimum absolute atomic E-state index is 0.293. The van der Waals surface area contributed by atoms with Gasteiger partial charge >= 0.3 is 12.1 Å². The fourth-order valence-electron chi connectivity index (χ4n) is 1.77. The van der Waals surface area contributed by atoms with Gasteiger partial charge in [-0.2, -0.15) is 0 Å². The summed E-state index contributed by atoms with van der Waals surface area (Å²) in [6.45, 7) is 1.79. The molecule has 2 N–H and O–H groups in total. The van der Waals surface area contributed by atoms with E-state index in [-0.39, 0.29) is 6.04 Å². The van der Waals surface area contributed by atoms with Crippen LogP contribution >= 0.6 is 0 Å². The van der Waals surface area contributed by atoms with Gasteiger partial charge in [0.25, 0.3) is 0 Å². The Morgan fingerprint density at radius 3 is 2.43 bits per heavy atom. The molecule has 14 heavy (non-hydrogen) atoms. The van der Waals surface area contributed by atoms with Crippen molar-refractivity contribution in [3.05, 3.63) is 12.2 Å². The lowest BCUT2D eigenvalue weighted by Gasteiger charge is -2.22. The van der Waals surface area contributed by atoms with E-state index in [0.717, 1.165) is 4.90 Å². The second-order valence-corrected chi connectivity index (χ2v) is 3.21. The van der Waals surface area contributed by atoms with Gasteiger partial charge in [0.2, 0.25) is 0 Å². The van der Waals surface area contributed by atoms with Crippen molar-refractivity contribution in [3.8, 4) is 0 Å². The summed E-state index contributed by atoms with van der Waals surface area (Å²) in [6.07, 6.45) is 3.25. The lowest BCUT2D eigenvalue weighted by molar-refractivity contribution is -0.141. The Labute approximate surface area is 81.6 Å². The summed E-state index contributed by atoms with van der Waals surface area (Å²) in [5, 5.41) is 17.6. The smallest absolute Gasteiger partial charge is 0.408 e. The number of hydrogen-bond donors (Lipinski definition) is 2. The van der Waals surface area contributed by atoms with Crippen molar-refractivity contribution in [2.75, 3.05) is 0 Å². The maximum atomic E-state index is 10.8. The van der Waals surface area contributed by atoms with Crippen molar-refractivity contribution in [2.24, 2.45) is 0 Å². The first-order valence-electron chi connectivity index (χ1n) is 4.44. The van der Waals surface area contributed by atoms with Crippen molar-refractivity contribution < 1.29 is 19.8 Å². The molecule has 1 amide bonds. The summed E-state index contributed by atoms with van der Waals surface area (Å²) < 4.78 is 0. The van der Waals surface area contributed by atoms with E-state index >= 15 is 0 Å². The topological polar surface area (TPSA) is 77.8 Å². The van der Waals surface area contributed by atoms with E-state index in [1.807, 2.05) is 0 Å². The van der Waals surface area contributed by atoms with Crippen LogP contribution in [0, 0.1) is 0 Å². The predicted octanol–water partition coefficient (Wildman–Crippen LogP) is 1.16. The van der Waals surface area contributed by atoms with Gasteiger partial charge in [0.05, 0.1) is 6.04 Å². The van der Waals surface area contributed by atoms with Gasteiger partial charge in [-0.1, -0.05) is 12.2 Å². The van der Waals surface area contributed by atoms with Crippen LogP contribution in [-0.4, -0.2) is 39.3 Å². The van der Waals surface area contributed by atoms with Crippen LogP contribution < -0.4 is 0 Å². The Balaban J connectivity index is 2.84. The van der Waals surface area contributed by atoms with E-state index in [4.69, 9.17) is 10.2 Å². The Bertz CT molecular complexity index is 274. The second kappa shape index (κ2) is 4.13. The van der Waals surface area contributed by atoms with E-state index in [1.54, 1.807) is 19.1 Å². The molecule has 1 saturated heterocycles. The van der Waals surface area contributed by atoms with Crippen molar-refractivity contribution in [1.29, 1.82) is 0 Å². The van der Waals surface area contributed by atoms with E-state index in [2.05, 4.69) is 0 Å². The van der Waals surface area contributed by atoms with Crippen LogP contribution in [0.3, 0.4) is 0 Å². The molecule has 0 aliphatic carbocycles. The Kier molecular flexibility index (Phi) is 3.11. The quantitative estimate of drug-likeness (QED) is 0.654. The maximum absolute atomic E-state index is 10.8. The van der Waals surface area contributed by atoms with Crippen molar-refractivity contribution >= 4 is 12.1 Å². The van der Waals surface area contributed by atoms with Gasteiger partial charge in [0.1, 0.15) is 6.04 Å². The zero-order chi connectivity index (χ0) is 10.7. The highest BCUT2D eigenvalue weighted by Gasteiger charge is 2.39. The van der Waals surface area contributed by atoms with Crippen LogP contribution in [0.1, 0.15) is 19.8 Å². The number of aliphatic carboxylic acids is 1. The molecule has 0 unspecified atom stereocenters. The van der Waals surface area contributed by atoms with E-state index in [1.165, 1.54) is 0 Å². The molecule has 0 spiro atoms. The average Bonchev–Trinajstić information content (AvgIpc) is 2.48. The second-order valence-electron chi connectivity index (χ2n) is 3.21. The zero-order valence-electron chi connectivity index (χ0n) is 7.88. The first-order valence-corrected chi connectivity index (χ1v) is 4.44. The molecule has 0 saturated carbocycles. The Morgan fingerprint density at radius 2 is 2.00 bits per heavy atom. The highest BCUT2D eigenvalue weighted by molar-refractivity contribution is 5.80. The fourth-order valence-corrected chi connectivity index (χ4v) is 1.77. The molecule has 1 aliphatic heterocycles. The lowest BCUT2D eigenvalue weighted by Crippen LogP contribution is -2.43. The molecule has 78 valence electrons. The number of allylic oxidation sites excluding steroid dienone is 1. The van der Waals surface area contributed by atoms with Gasteiger partial charge in [-0.3, -0.25) is 4.90 Å². The monoisotopic (exact) mass is 199 g/mol. The number of likely N-dealkylation sites (tertiary alicyclic amines) is 1. The number of rotatable bonds is 2. The van der Waals surface area contributed by atoms with E-state index in [9.17, 15) is 9.59 Å². The number of nitrogens with zero attached hydrogens (tertiary/aromatic N) is 1. The van der Waals surface area contributed by atoms with Gasteiger partial charge in [0, 0.05) is 0 Å². The molecular weight excluding hydrogens is 186 g/mol. The molecule has 1 aliphatic rings. The minimum atomic E-state index is -1.17. The highest BCUT2D eigenvalue weighted by atomic mass is 16.4. The first kappa shape index (κ1) is 10.6. The van der Waals surface area contributed by atoms with Gasteiger partial charge in [-0.05, 0) is 19.8 Å². The molecule has 0 bridgehead atoms. The SMILES string of the molecule is C/C=C\[C@H]1CC[C@@H](C(=O)O)N1C(=O)O. The van der Waals surface area contributed by atoms with Crippen molar-refractivity contribution in [2.45, 2.75) is 31.8 Å². The highest BCUT2D eigenvalue weighted by Crippen LogP contribution is 2.25. The molecule has 0 aromatic heterocycles. The van der Waals surface area contributed by atoms with Gasteiger partial charge in [-0.25, -0.2) is 9.59 Å². The summed E-state index contributed by atoms with van der Waals surface area (Å²) in [7, 11) is 0. The largest absolute Gasteiger partial charge is 0.480 e. The zero-order valence-corrected chi connectivity index (χ0v) is 7.88. The van der Waals surface area contributed by atoms with Gasteiger partial charge in [-0.15, -0.1) is 0 Å². The predicted molar refractivity (Wildman–Crippen MR) is 49.1 cm³/mol. The molecular formula is C9H13NO4.